The van der Waals surface area contributed by atoms with E-state index in [1.165, 1.54) is 70.6 Å². The average molecular weight is 397 g/mol. The topological polar surface area (TPSA) is 78.3 Å². The Labute approximate surface area is 174 Å². The van der Waals surface area contributed by atoms with E-state index >= 15 is 0 Å². The number of carbonyl (C=O) groups excluding carboxylic acids is 1. The van der Waals surface area contributed by atoms with Gasteiger partial charge in [0.2, 0.25) is 0 Å². The smallest absolute Gasteiger partial charge is 0.307 e. The Kier molecular flexibility index (Phi) is 21.7. The first-order valence-corrected chi connectivity index (χ1v) is 12.0. The summed E-state index contributed by atoms with van der Waals surface area (Å²) in [5.74, 6) is -0.149. The first-order chi connectivity index (χ1) is 13.7. The number of allylic oxidation sites excluding steroid dienone is 2. The van der Waals surface area contributed by atoms with E-state index < -0.39 is 6.23 Å². The standard InChI is InChI=1S/C24H48N2O2/c1-2-3-4-5-6-7-8-9-10-11-12-13-14-15-18-21-24(27)28-23(26)20-17-16-19-22-25/h9-10,23H,2-8,11-22,25-26H2,1H3/b10-9-. The SMILES string of the molecule is CCCCCCCC/C=C\CCCCCCCC(=O)OC(N)CCCCCN. The summed E-state index contributed by atoms with van der Waals surface area (Å²) in [6, 6.07) is 0. The van der Waals surface area contributed by atoms with E-state index in [1.54, 1.807) is 0 Å². The summed E-state index contributed by atoms with van der Waals surface area (Å²) >= 11 is 0. The van der Waals surface area contributed by atoms with Crippen LogP contribution in [-0.2, 0) is 9.53 Å². The molecule has 0 aromatic rings. The van der Waals surface area contributed by atoms with Crippen molar-refractivity contribution in [2.45, 2.75) is 129 Å². The Morgan fingerprint density at radius 3 is 1.93 bits per heavy atom. The molecule has 166 valence electrons. The first-order valence-electron chi connectivity index (χ1n) is 12.0. The third-order valence-electron chi connectivity index (χ3n) is 5.12. The molecule has 0 aromatic heterocycles. The van der Waals surface area contributed by atoms with Crippen LogP contribution in [-0.4, -0.2) is 18.7 Å². The van der Waals surface area contributed by atoms with E-state index in [2.05, 4.69) is 19.1 Å². The molecule has 4 nitrogen and oxygen atoms in total. The molecule has 1 unspecified atom stereocenters. The second-order valence-corrected chi connectivity index (χ2v) is 8.00. The zero-order chi connectivity index (χ0) is 20.7. The molecule has 0 spiro atoms. The normalized spacial score (nSPS) is 12.5. The van der Waals surface area contributed by atoms with E-state index in [9.17, 15) is 4.79 Å². The molecule has 0 amide bonds. The van der Waals surface area contributed by atoms with E-state index in [0.717, 1.165) is 38.5 Å². The lowest BCUT2D eigenvalue weighted by atomic mass is 10.1. The maximum atomic E-state index is 11.7. The predicted octanol–water partition coefficient (Wildman–Crippen LogP) is 6.37. The van der Waals surface area contributed by atoms with E-state index in [1.807, 2.05) is 0 Å². The van der Waals surface area contributed by atoms with Gasteiger partial charge in [-0.15, -0.1) is 0 Å². The molecular weight excluding hydrogens is 348 g/mol. The molecular formula is C24H48N2O2. The van der Waals surface area contributed by atoms with Crippen LogP contribution in [0.25, 0.3) is 0 Å². The van der Waals surface area contributed by atoms with Crippen LogP contribution in [0.5, 0.6) is 0 Å². The van der Waals surface area contributed by atoms with E-state index in [4.69, 9.17) is 16.2 Å². The van der Waals surface area contributed by atoms with Gasteiger partial charge in [0.1, 0.15) is 0 Å². The fourth-order valence-corrected chi connectivity index (χ4v) is 3.29. The van der Waals surface area contributed by atoms with Gasteiger partial charge >= 0.3 is 5.97 Å². The van der Waals surface area contributed by atoms with Crippen molar-refractivity contribution in [1.29, 1.82) is 0 Å². The highest BCUT2D eigenvalue weighted by Gasteiger charge is 2.09. The van der Waals surface area contributed by atoms with Gasteiger partial charge < -0.3 is 10.5 Å². The summed E-state index contributed by atoms with van der Waals surface area (Å²) < 4.78 is 5.25. The maximum Gasteiger partial charge on any atom is 0.307 e. The fraction of sp³-hybridized carbons (Fsp3) is 0.875. The minimum atomic E-state index is -0.451. The first kappa shape index (κ1) is 27.1. The molecule has 4 heteroatoms. The van der Waals surface area contributed by atoms with Crippen LogP contribution in [0.15, 0.2) is 12.2 Å². The quantitative estimate of drug-likeness (QED) is 0.102. The zero-order valence-corrected chi connectivity index (χ0v) is 18.6. The lowest BCUT2D eigenvalue weighted by Gasteiger charge is -2.12. The number of hydrogen-bond acceptors (Lipinski definition) is 4. The Bertz CT molecular complexity index is 359. The molecule has 0 aliphatic heterocycles. The van der Waals surface area contributed by atoms with Crippen molar-refractivity contribution in [2.24, 2.45) is 11.5 Å². The molecule has 0 rings (SSSR count). The fourth-order valence-electron chi connectivity index (χ4n) is 3.29. The molecule has 0 aliphatic rings. The molecule has 28 heavy (non-hydrogen) atoms. The molecule has 0 aliphatic carbocycles. The van der Waals surface area contributed by atoms with Crippen molar-refractivity contribution < 1.29 is 9.53 Å². The summed E-state index contributed by atoms with van der Waals surface area (Å²) in [5.41, 5.74) is 11.3. The van der Waals surface area contributed by atoms with Crippen LogP contribution in [0, 0.1) is 0 Å². The molecule has 0 fully saturated rings. The van der Waals surface area contributed by atoms with E-state index in [0.29, 0.717) is 13.0 Å². The molecule has 0 aromatic carbocycles. The summed E-state index contributed by atoms with van der Waals surface area (Å²) in [6.07, 6.45) is 24.9. The highest BCUT2D eigenvalue weighted by atomic mass is 16.6. The van der Waals surface area contributed by atoms with Gasteiger partial charge in [-0.25, -0.2) is 0 Å². The lowest BCUT2D eigenvalue weighted by molar-refractivity contribution is -0.149. The van der Waals surface area contributed by atoms with Crippen LogP contribution in [0.2, 0.25) is 0 Å². The Morgan fingerprint density at radius 1 is 0.786 bits per heavy atom. The predicted molar refractivity (Wildman–Crippen MR) is 121 cm³/mol. The van der Waals surface area contributed by atoms with Crippen molar-refractivity contribution in [1.82, 2.24) is 0 Å². The summed E-state index contributed by atoms with van der Waals surface area (Å²) in [6.45, 7) is 2.98. The van der Waals surface area contributed by atoms with Crippen molar-refractivity contribution in [3.8, 4) is 0 Å². The van der Waals surface area contributed by atoms with Crippen molar-refractivity contribution in [3.63, 3.8) is 0 Å². The Hall–Kier alpha value is -0.870. The number of hydrogen-bond donors (Lipinski definition) is 2. The van der Waals surface area contributed by atoms with Gasteiger partial charge in [0, 0.05) is 6.42 Å². The zero-order valence-electron chi connectivity index (χ0n) is 18.6. The Morgan fingerprint density at radius 2 is 1.32 bits per heavy atom. The van der Waals surface area contributed by atoms with Crippen LogP contribution in [0.1, 0.15) is 122 Å². The molecule has 0 bridgehead atoms. The van der Waals surface area contributed by atoms with Crippen molar-refractivity contribution in [2.75, 3.05) is 6.54 Å². The summed E-state index contributed by atoms with van der Waals surface area (Å²) in [4.78, 5) is 11.7. The van der Waals surface area contributed by atoms with Crippen LogP contribution < -0.4 is 11.5 Å². The second kappa shape index (κ2) is 22.4. The number of esters is 1. The van der Waals surface area contributed by atoms with Gasteiger partial charge in [-0.05, 0) is 57.9 Å². The Balaban J connectivity index is 3.31. The molecule has 4 N–H and O–H groups in total. The maximum absolute atomic E-state index is 11.7. The number of nitrogens with two attached hydrogens (primary N) is 2. The molecule has 0 radical (unpaired) electrons. The van der Waals surface area contributed by atoms with Crippen molar-refractivity contribution in [3.05, 3.63) is 12.2 Å². The van der Waals surface area contributed by atoms with Gasteiger partial charge in [0.15, 0.2) is 6.23 Å². The molecule has 0 heterocycles. The highest BCUT2D eigenvalue weighted by molar-refractivity contribution is 5.69. The van der Waals surface area contributed by atoms with Crippen LogP contribution in [0.3, 0.4) is 0 Å². The summed E-state index contributed by atoms with van der Waals surface area (Å²) in [7, 11) is 0. The highest BCUT2D eigenvalue weighted by Crippen LogP contribution is 2.11. The third-order valence-corrected chi connectivity index (χ3v) is 5.12. The molecule has 1 atom stereocenters. The van der Waals surface area contributed by atoms with Crippen LogP contribution in [0.4, 0.5) is 0 Å². The molecule has 0 saturated carbocycles. The minimum Gasteiger partial charge on any atom is -0.447 e. The van der Waals surface area contributed by atoms with Gasteiger partial charge in [-0.2, -0.15) is 0 Å². The lowest BCUT2D eigenvalue weighted by Crippen LogP contribution is -2.27. The number of carbonyl (C=O) groups is 1. The molecule has 0 saturated heterocycles. The average Bonchev–Trinajstić information content (AvgIpc) is 2.68. The minimum absolute atomic E-state index is 0.149. The van der Waals surface area contributed by atoms with Gasteiger partial charge in [-0.3, -0.25) is 10.5 Å². The number of rotatable bonds is 21. The van der Waals surface area contributed by atoms with Crippen molar-refractivity contribution >= 4 is 5.97 Å². The number of unbranched alkanes of at least 4 members (excludes halogenated alkanes) is 13. The van der Waals surface area contributed by atoms with E-state index in [-0.39, 0.29) is 5.97 Å². The van der Waals surface area contributed by atoms with Crippen LogP contribution >= 0.6 is 0 Å². The van der Waals surface area contributed by atoms with Gasteiger partial charge in [0.05, 0.1) is 0 Å². The van der Waals surface area contributed by atoms with Gasteiger partial charge in [0.25, 0.3) is 0 Å². The monoisotopic (exact) mass is 396 g/mol. The van der Waals surface area contributed by atoms with Gasteiger partial charge in [-0.1, -0.05) is 76.9 Å². The number of ether oxygens (including phenoxy) is 1. The third kappa shape index (κ3) is 21.4. The summed E-state index contributed by atoms with van der Waals surface area (Å²) in [5, 5.41) is 0. The largest absolute Gasteiger partial charge is 0.447 e. The second-order valence-electron chi connectivity index (χ2n) is 8.00.